The Morgan fingerprint density at radius 2 is 1.89 bits per heavy atom. The number of ether oxygens (including phenoxy) is 2. The summed E-state index contributed by atoms with van der Waals surface area (Å²) < 4.78 is 23.3. The number of pyridine rings is 1. The predicted molar refractivity (Wildman–Crippen MR) is 98.6 cm³/mol. The van der Waals surface area contributed by atoms with Crippen molar-refractivity contribution in [2.24, 2.45) is 0 Å². The zero-order valence-corrected chi connectivity index (χ0v) is 15.0. The molecule has 0 amide bonds. The molecule has 3 rings (SSSR count). The van der Waals surface area contributed by atoms with E-state index in [-0.39, 0.29) is 17.8 Å². The van der Waals surface area contributed by atoms with Gasteiger partial charge in [-0.1, -0.05) is 12.1 Å². The molecule has 0 fully saturated rings. The van der Waals surface area contributed by atoms with Crippen LogP contribution in [0.3, 0.4) is 0 Å². The van der Waals surface area contributed by atoms with Gasteiger partial charge in [-0.15, -0.1) is 0 Å². The summed E-state index contributed by atoms with van der Waals surface area (Å²) in [6, 6.07) is 9.76. The van der Waals surface area contributed by atoms with Crippen LogP contribution in [0.25, 0.3) is 10.9 Å². The number of nitrogens with zero attached hydrogens (tertiary/aromatic N) is 1. The first-order valence-electron chi connectivity index (χ1n) is 8.32. The van der Waals surface area contributed by atoms with Crippen molar-refractivity contribution in [2.75, 3.05) is 14.2 Å². The Bertz CT molecular complexity index is 999. The lowest BCUT2D eigenvalue weighted by molar-refractivity contribution is -0.107. The van der Waals surface area contributed by atoms with E-state index in [1.165, 1.54) is 26.4 Å². The normalized spacial score (nSPS) is 10.6. The Morgan fingerprint density at radius 3 is 2.52 bits per heavy atom. The van der Waals surface area contributed by atoms with Gasteiger partial charge in [0.05, 0.1) is 14.2 Å². The van der Waals surface area contributed by atoms with Crippen LogP contribution < -0.4 is 4.74 Å². The van der Waals surface area contributed by atoms with Gasteiger partial charge in [-0.2, -0.15) is 0 Å². The van der Waals surface area contributed by atoms with E-state index in [1.807, 2.05) is 6.07 Å². The minimum Gasteiger partial charge on any atom is -0.494 e. The van der Waals surface area contributed by atoms with Gasteiger partial charge < -0.3 is 14.3 Å². The first-order valence-corrected chi connectivity index (χ1v) is 8.32. The fourth-order valence-electron chi connectivity index (χ4n) is 3.04. The average Bonchev–Trinajstić information content (AvgIpc) is 2.69. The Balaban J connectivity index is 2.13. The number of benzene rings is 2. The zero-order valence-electron chi connectivity index (χ0n) is 15.0. The molecule has 0 aliphatic carbocycles. The molecule has 0 unspecified atom stereocenters. The van der Waals surface area contributed by atoms with Crippen LogP contribution in [-0.2, 0) is 22.4 Å². The van der Waals surface area contributed by atoms with Crippen LogP contribution in [-0.4, -0.2) is 31.5 Å². The molecule has 6 heteroatoms. The summed E-state index contributed by atoms with van der Waals surface area (Å²) in [5, 5.41) is 0.728. The number of hydrogen-bond acceptors (Lipinski definition) is 5. The quantitative estimate of drug-likeness (QED) is 0.493. The SMILES string of the molecule is COC(=O)c1cc(CC=O)c2cc(Cc3ccc(F)cc3)cnc2c1OC. The molecule has 138 valence electrons. The topological polar surface area (TPSA) is 65.5 Å². The van der Waals surface area contributed by atoms with E-state index in [9.17, 15) is 14.0 Å². The van der Waals surface area contributed by atoms with Crippen LogP contribution in [0.1, 0.15) is 27.0 Å². The maximum atomic E-state index is 13.1. The summed E-state index contributed by atoms with van der Waals surface area (Å²) >= 11 is 0. The third-order valence-corrected chi connectivity index (χ3v) is 4.30. The third-order valence-electron chi connectivity index (χ3n) is 4.30. The fourth-order valence-corrected chi connectivity index (χ4v) is 3.04. The van der Waals surface area contributed by atoms with Crippen molar-refractivity contribution in [3.8, 4) is 5.75 Å². The van der Waals surface area contributed by atoms with Gasteiger partial charge in [0.25, 0.3) is 0 Å². The number of rotatable bonds is 6. The van der Waals surface area contributed by atoms with Gasteiger partial charge in [0.1, 0.15) is 23.2 Å². The van der Waals surface area contributed by atoms with Crippen molar-refractivity contribution in [1.82, 2.24) is 4.98 Å². The van der Waals surface area contributed by atoms with Crippen LogP contribution >= 0.6 is 0 Å². The molecule has 0 saturated heterocycles. The van der Waals surface area contributed by atoms with Crippen LogP contribution in [0.2, 0.25) is 0 Å². The fraction of sp³-hybridized carbons (Fsp3) is 0.190. The molecule has 2 aromatic carbocycles. The molecule has 0 aliphatic rings. The average molecular weight is 367 g/mol. The number of aromatic nitrogens is 1. The number of methoxy groups -OCH3 is 2. The second-order valence-electron chi connectivity index (χ2n) is 6.02. The van der Waals surface area contributed by atoms with Crippen LogP contribution in [0.4, 0.5) is 4.39 Å². The van der Waals surface area contributed by atoms with Crippen molar-refractivity contribution in [2.45, 2.75) is 12.8 Å². The van der Waals surface area contributed by atoms with Crippen molar-refractivity contribution >= 4 is 23.2 Å². The molecule has 27 heavy (non-hydrogen) atoms. The molecule has 1 aromatic heterocycles. The number of aldehydes is 1. The van der Waals surface area contributed by atoms with Crippen molar-refractivity contribution < 1.29 is 23.5 Å². The number of carbonyl (C=O) groups is 2. The van der Waals surface area contributed by atoms with Gasteiger partial charge in [0.2, 0.25) is 0 Å². The molecule has 1 heterocycles. The summed E-state index contributed by atoms with van der Waals surface area (Å²) in [4.78, 5) is 27.7. The molecule has 0 N–H and O–H groups in total. The molecule has 0 aliphatic heterocycles. The van der Waals surface area contributed by atoms with Crippen molar-refractivity contribution in [1.29, 1.82) is 0 Å². The molecule has 0 spiro atoms. The van der Waals surface area contributed by atoms with E-state index < -0.39 is 5.97 Å². The first kappa shape index (κ1) is 18.5. The number of hydrogen-bond donors (Lipinski definition) is 0. The lowest BCUT2D eigenvalue weighted by atomic mass is 9.98. The molecular formula is C21H18FNO4. The number of esters is 1. The first-order chi connectivity index (χ1) is 13.1. The smallest absolute Gasteiger partial charge is 0.341 e. The minimum atomic E-state index is -0.557. The highest BCUT2D eigenvalue weighted by molar-refractivity contribution is 6.02. The molecule has 3 aromatic rings. The van der Waals surface area contributed by atoms with Gasteiger partial charge in [0, 0.05) is 18.0 Å². The number of carbonyl (C=O) groups excluding carboxylic acids is 2. The Labute approximate surface area is 155 Å². The van der Waals surface area contributed by atoms with Crippen LogP contribution in [0.15, 0.2) is 42.6 Å². The molecule has 0 bridgehead atoms. The van der Waals surface area contributed by atoms with Crippen molar-refractivity contribution in [3.05, 3.63) is 70.7 Å². The van der Waals surface area contributed by atoms with E-state index in [4.69, 9.17) is 9.47 Å². The molecule has 0 atom stereocenters. The number of halogens is 1. The number of fused-ring (bicyclic) bond motifs is 1. The standard InChI is InChI=1S/C21H18FNO4/c1-26-20-18(21(25)27-2)11-15(7-8-24)17-10-14(12-23-19(17)20)9-13-3-5-16(22)6-4-13/h3-6,8,10-12H,7,9H2,1-2H3. The van der Waals surface area contributed by atoms with E-state index in [1.54, 1.807) is 24.4 Å². The van der Waals surface area contributed by atoms with Gasteiger partial charge in [-0.25, -0.2) is 9.18 Å². The second kappa shape index (κ2) is 7.95. The van der Waals surface area contributed by atoms with Gasteiger partial charge in [0.15, 0.2) is 5.75 Å². The summed E-state index contributed by atoms with van der Waals surface area (Å²) in [5.41, 5.74) is 3.21. The Kier molecular flexibility index (Phi) is 5.45. The van der Waals surface area contributed by atoms with E-state index in [0.29, 0.717) is 23.3 Å². The third kappa shape index (κ3) is 3.79. The Morgan fingerprint density at radius 1 is 1.15 bits per heavy atom. The highest BCUT2D eigenvalue weighted by atomic mass is 19.1. The minimum absolute atomic E-state index is 0.131. The van der Waals surface area contributed by atoms with Gasteiger partial charge >= 0.3 is 5.97 Å². The predicted octanol–water partition coefficient (Wildman–Crippen LogP) is 3.50. The summed E-state index contributed by atoms with van der Waals surface area (Å²) in [7, 11) is 2.74. The highest BCUT2D eigenvalue weighted by Gasteiger charge is 2.20. The lowest BCUT2D eigenvalue weighted by Crippen LogP contribution is -2.07. The monoisotopic (exact) mass is 367 g/mol. The van der Waals surface area contributed by atoms with Crippen LogP contribution in [0.5, 0.6) is 5.75 Å². The van der Waals surface area contributed by atoms with E-state index in [2.05, 4.69) is 4.98 Å². The summed E-state index contributed by atoms with van der Waals surface area (Å²) in [6.07, 6.45) is 3.14. The molecule has 5 nitrogen and oxygen atoms in total. The lowest BCUT2D eigenvalue weighted by Gasteiger charge is -2.14. The second-order valence-corrected chi connectivity index (χ2v) is 6.02. The van der Waals surface area contributed by atoms with Gasteiger partial charge in [-0.05, 0) is 47.4 Å². The molecule has 0 saturated carbocycles. The Hall–Kier alpha value is -3.28. The van der Waals surface area contributed by atoms with Gasteiger partial charge in [-0.3, -0.25) is 4.98 Å². The van der Waals surface area contributed by atoms with E-state index in [0.717, 1.165) is 22.8 Å². The summed E-state index contributed by atoms with van der Waals surface area (Å²) in [5.74, 6) is -0.540. The zero-order chi connectivity index (χ0) is 19.4. The molecular weight excluding hydrogens is 349 g/mol. The largest absolute Gasteiger partial charge is 0.494 e. The highest BCUT2D eigenvalue weighted by Crippen LogP contribution is 2.32. The van der Waals surface area contributed by atoms with Crippen molar-refractivity contribution in [3.63, 3.8) is 0 Å². The van der Waals surface area contributed by atoms with E-state index >= 15 is 0 Å². The maximum Gasteiger partial charge on any atom is 0.341 e. The molecule has 0 radical (unpaired) electrons. The van der Waals surface area contributed by atoms with Crippen LogP contribution in [0, 0.1) is 5.82 Å². The summed E-state index contributed by atoms with van der Waals surface area (Å²) in [6.45, 7) is 0. The maximum absolute atomic E-state index is 13.1.